The van der Waals surface area contributed by atoms with Crippen molar-refractivity contribution in [2.75, 3.05) is 7.11 Å². The Kier molecular flexibility index (Phi) is 3.94. The Morgan fingerprint density at radius 3 is 2.81 bits per heavy atom. The highest BCUT2D eigenvalue weighted by Gasteiger charge is 2.14. The minimum atomic E-state index is 0.277. The van der Waals surface area contributed by atoms with E-state index in [9.17, 15) is 0 Å². The minimum absolute atomic E-state index is 0.277. The molecule has 0 amide bonds. The number of rotatable bonds is 5. The zero-order valence-electron chi connectivity index (χ0n) is 12.5. The number of imidazole rings is 1. The summed E-state index contributed by atoms with van der Waals surface area (Å²) in [5.74, 6) is 0.699. The molecule has 0 aliphatic carbocycles. The van der Waals surface area contributed by atoms with E-state index < -0.39 is 0 Å². The Balaban J connectivity index is 1.76. The van der Waals surface area contributed by atoms with Gasteiger partial charge in [-0.3, -0.25) is 4.40 Å². The van der Waals surface area contributed by atoms with Crippen molar-refractivity contribution < 1.29 is 4.74 Å². The van der Waals surface area contributed by atoms with Gasteiger partial charge in [-0.1, -0.05) is 29.8 Å². The molecule has 2 heterocycles. The first-order valence-corrected chi connectivity index (χ1v) is 7.85. The molecular formula is C16H19N3OS. The number of benzene rings is 1. The van der Waals surface area contributed by atoms with Gasteiger partial charge >= 0.3 is 0 Å². The van der Waals surface area contributed by atoms with Crippen LogP contribution < -0.4 is 10.1 Å². The Morgan fingerprint density at radius 2 is 2.10 bits per heavy atom. The third kappa shape index (κ3) is 2.80. The summed E-state index contributed by atoms with van der Waals surface area (Å²) in [6, 6.07) is 8.90. The van der Waals surface area contributed by atoms with Crippen molar-refractivity contribution >= 4 is 16.3 Å². The van der Waals surface area contributed by atoms with Crippen molar-refractivity contribution in [1.82, 2.24) is 14.7 Å². The SMILES string of the molecule is COc1nc2sccn2c1CN[C@@H](C)c1ccc(C)cc1. The molecule has 0 fully saturated rings. The van der Waals surface area contributed by atoms with Gasteiger partial charge < -0.3 is 10.1 Å². The molecule has 2 aromatic heterocycles. The van der Waals surface area contributed by atoms with Crippen LogP contribution in [0.2, 0.25) is 0 Å². The van der Waals surface area contributed by atoms with Crippen molar-refractivity contribution in [3.05, 3.63) is 52.7 Å². The van der Waals surface area contributed by atoms with Gasteiger partial charge in [-0.05, 0) is 19.4 Å². The lowest BCUT2D eigenvalue weighted by atomic mass is 10.1. The highest BCUT2D eigenvalue weighted by molar-refractivity contribution is 7.15. The third-order valence-electron chi connectivity index (χ3n) is 3.67. The fraction of sp³-hybridized carbons (Fsp3) is 0.312. The van der Waals surface area contributed by atoms with E-state index in [1.807, 2.05) is 11.6 Å². The summed E-state index contributed by atoms with van der Waals surface area (Å²) < 4.78 is 7.46. The van der Waals surface area contributed by atoms with E-state index in [-0.39, 0.29) is 6.04 Å². The van der Waals surface area contributed by atoms with E-state index in [1.165, 1.54) is 11.1 Å². The number of fused-ring (bicyclic) bond motifs is 1. The lowest BCUT2D eigenvalue weighted by molar-refractivity contribution is 0.391. The van der Waals surface area contributed by atoms with Crippen LogP contribution in [0.25, 0.3) is 4.96 Å². The number of nitrogens with one attached hydrogen (secondary N) is 1. The van der Waals surface area contributed by atoms with Gasteiger partial charge in [-0.15, -0.1) is 11.3 Å². The van der Waals surface area contributed by atoms with Crippen LogP contribution in [0.5, 0.6) is 5.88 Å². The highest BCUT2D eigenvalue weighted by atomic mass is 32.1. The fourth-order valence-corrected chi connectivity index (χ4v) is 3.08. The topological polar surface area (TPSA) is 38.6 Å². The Morgan fingerprint density at radius 1 is 1.33 bits per heavy atom. The molecule has 1 atom stereocenters. The maximum Gasteiger partial charge on any atom is 0.237 e. The average molecular weight is 301 g/mol. The average Bonchev–Trinajstić information content (AvgIpc) is 3.06. The lowest BCUT2D eigenvalue weighted by Gasteiger charge is -2.14. The number of ether oxygens (including phenoxy) is 1. The van der Waals surface area contributed by atoms with Crippen molar-refractivity contribution in [3.63, 3.8) is 0 Å². The van der Waals surface area contributed by atoms with E-state index in [0.29, 0.717) is 5.88 Å². The first-order valence-electron chi connectivity index (χ1n) is 6.97. The molecule has 110 valence electrons. The quantitative estimate of drug-likeness (QED) is 0.783. The van der Waals surface area contributed by atoms with Crippen molar-refractivity contribution in [3.8, 4) is 5.88 Å². The molecular weight excluding hydrogens is 282 g/mol. The normalized spacial score (nSPS) is 12.7. The molecule has 5 heteroatoms. The molecule has 0 unspecified atom stereocenters. The molecule has 21 heavy (non-hydrogen) atoms. The predicted octanol–water partition coefficient (Wildman–Crippen LogP) is 3.56. The third-order valence-corrected chi connectivity index (χ3v) is 4.43. The monoisotopic (exact) mass is 301 g/mol. The van der Waals surface area contributed by atoms with Crippen LogP contribution in [0.4, 0.5) is 0 Å². The van der Waals surface area contributed by atoms with Crippen LogP contribution in [0.15, 0.2) is 35.8 Å². The van der Waals surface area contributed by atoms with E-state index in [1.54, 1.807) is 18.4 Å². The van der Waals surface area contributed by atoms with E-state index >= 15 is 0 Å². The maximum absolute atomic E-state index is 5.38. The van der Waals surface area contributed by atoms with Crippen LogP contribution in [-0.2, 0) is 6.54 Å². The van der Waals surface area contributed by atoms with Crippen molar-refractivity contribution in [2.45, 2.75) is 26.4 Å². The second kappa shape index (κ2) is 5.87. The number of nitrogens with zero attached hydrogens (tertiary/aromatic N) is 2. The van der Waals surface area contributed by atoms with E-state index in [4.69, 9.17) is 4.74 Å². The van der Waals surface area contributed by atoms with Gasteiger partial charge in [0.15, 0.2) is 4.96 Å². The molecule has 0 aliphatic heterocycles. The predicted molar refractivity (Wildman–Crippen MR) is 86.1 cm³/mol. The zero-order valence-corrected chi connectivity index (χ0v) is 13.3. The van der Waals surface area contributed by atoms with Gasteiger partial charge in [0.1, 0.15) is 5.69 Å². The summed E-state index contributed by atoms with van der Waals surface area (Å²) >= 11 is 1.61. The Bertz CT molecular complexity index is 730. The smallest absolute Gasteiger partial charge is 0.237 e. The molecule has 3 rings (SSSR count). The van der Waals surface area contributed by atoms with Crippen LogP contribution in [-0.4, -0.2) is 16.5 Å². The number of thiazole rings is 1. The molecule has 3 aromatic rings. The number of hydrogen-bond donors (Lipinski definition) is 1. The van der Waals surface area contributed by atoms with Gasteiger partial charge in [0, 0.05) is 24.2 Å². The van der Waals surface area contributed by atoms with Crippen molar-refractivity contribution in [1.29, 1.82) is 0 Å². The molecule has 1 aromatic carbocycles. The van der Waals surface area contributed by atoms with Crippen LogP contribution in [0.1, 0.15) is 29.8 Å². The zero-order chi connectivity index (χ0) is 14.8. The molecule has 0 saturated heterocycles. The first kappa shape index (κ1) is 14.1. The van der Waals surface area contributed by atoms with Gasteiger partial charge in [0.2, 0.25) is 5.88 Å². The van der Waals surface area contributed by atoms with Crippen molar-refractivity contribution in [2.24, 2.45) is 0 Å². The molecule has 0 bridgehead atoms. The summed E-state index contributed by atoms with van der Waals surface area (Å²) in [5.41, 5.74) is 3.63. The first-order chi connectivity index (χ1) is 10.2. The van der Waals surface area contributed by atoms with Crippen LogP contribution in [0.3, 0.4) is 0 Å². The van der Waals surface area contributed by atoms with Gasteiger partial charge in [-0.2, -0.15) is 4.98 Å². The molecule has 0 aliphatic rings. The van der Waals surface area contributed by atoms with Crippen LogP contribution in [0, 0.1) is 6.92 Å². The summed E-state index contributed by atoms with van der Waals surface area (Å²) in [7, 11) is 1.67. The largest absolute Gasteiger partial charge is 0.480 e. The molecule has 0 saturated carbocycles. The summed E-state index contributed by atoms with van der Waals surface area (Å²) in [6.07, 6.45) is 2.03. The lowest BCUT2D eigenvalue weighted by Crippen LogP contribution is -2.19. The molecule has 0 radical (unpaired) electrons. The minimum Gasteiger partial charge on any atom is -0.480 e. The molecule has 0 spiro atoms. The highest BCUT2D eigenvalue weighted by Crippen LogP contribution is 2.24. The second-order valence-electron chi connectivity index (χ2n) is 5.14. The summed E-state index contributed by atoms with van der Waals surface area (Å²) in [4.78, 5) is 5.44. The maximum atomic E-state index is 5.38. The Labute approximate surface area is 128 Å². The number of aromatic nitrogens is 2. The van der Waals surface area contributed by atoms with Crippen LogP contribution >= 0.6 is 11.3 Å². The Hall–Kier alpha value is -1.85. The number of methoxy groups -OCH3 is 1. The summed E-state index contributed by atoms with van der Waals surface area (Å²) in [6.45, 7) is 4.99. The van der Waals surface area contributed by atoms with Gasteiger partial charge in [0.05, 0.1) is 7.11 Å². The van der Waals surface area contributed by atoms with E-state index in [2.05, 4.69) is 52.8 Å². The van der Waals surface area contributed by atoms with E-state index in [0.717, 1.165) is 17.2 Å². The molecule has 1 N–H and O–H groups in total. The number of hydrogen-bond acceptors (Lipinski definition) is 4. The van der Waals surface area contributed by atoms with Gasteiger partial charge in [-0.25, -0.2) is 0 Å². The molecule has 4 nitrogen and oxygen atoms in total. The second-order valence-corrected chi connectivity index (χ2v) is 6.01. The fourth-order valence-electron chi connectivity index (χ4n) is 2.36. The van der Waals surface area contributed by atoms with Gasteiger partial charge in [0.25, 0.3) is 0 Å². The number of aryl methyl sites for hydroxylation is 1. The standard InChI is InChI=1S/C16H19N3OS/c1-11-4-6-13(7-5-11)12(2)17-10-14-15(20-3)18-16-19(14)8-9-21-16/h4-9,12,17H,10H2,1-3H3/t12-/m0/s1. The summed E-state index contributed by atoms with van der Waals surface area (Å²) in [5, 5.41) is 5.58.